The molecule has 1 aromatic carbocycles. The summed E-state index contributed by atoms with van der Waals surface area (Å²) in [6.07, 6.45) is 0. The van der Waals surface area contributed by atoms with Gasteiger partial charge in [-0.15, -0.1) is 3.89 Å². The summed E-state index contributed by atoms with van der Waals surface area (Å²) in [7, 11) is -4.94. The van der Waals surface area contributed by atoms with Crippen molar-refractivity contribution in [3.8, 4) is 0 Å². The molecule has 0 amide bonds. The Bertz CT molecular complexity index is 487. The van der Waals surface area contributed by atoms with Gasteiger partial charge in [-0.25, -0.2) is 0 Å². The molecule has 5 nitrogen and oxygen atoms in total. The molecule has 0 atom stereocenters. The number of hydrogen-bond donors (Lipinski definition) is 0. The number of halogens is 2. The van der Waals surface area contributed by atoms with Gasteiger partial charge in [0, 0.05) is 6.07 Å². The lowest BCUT2D eigenvalue weighted by Crippen LogP contribution is -1.97. The number of nitrogens with zero attached hydrogens (tertiary/aromatic N) is 1. The average molecular weight is 284 g/mol. The molecule has 0 heterocycles. The standard InChI is InChI=1S/C6H3BrFNO4S/c7-6-4(9(10)11)2-1-3-5(6)14(8,12)13/h1-3H. The van der Waals surface area contributed by atoms with Gasteiger partial charge in [-0.3, -0.25) is 10.1 Å². The predicted molar refractivity (Wildman–Crippen MR) is 49.1 cm³/mol. The van der Waals surface area contributed by atoms with Crippen molar-refractivity contribution >= 4 is 31.8 Å². The van der Waals surface area contributed by atoms with Crippen LogP contribution >= 0.6 is 15.9 Å². The Balaban J connectivity index is 3.51. The van der Waals surface area contributed by atoms with Crippen LogP contribution in [-0.4, -0.2) is 13.3 Å². The van der Waals surface area contributed by atoms with E-state index in [1.807, 2.05) is 0 Å². The largest absolute Gasteiger partial charge is 0.333 e. The normalized spacial score (nSPS) is 11.3. The molecule has 0 N–H and O–H groups in total. The van der Waals surface area contributed by atoms with Crippen LogP contribution in [0.5, 0.6) is 0 Å². The number of nitro benzene ring substituents is 1. The van der Waals surface area contributed by atoms with Gasteiger partial charge >= 0.3 is 10.2 Å². The zero-order chi connectivity index (χ0) is 10.9. The van der Waals surface area contributed by atoms with E-state index in [1.165, 1.54) is 0 Å². The molecule has 0 radical (unpaired) electrons. The van der Waals surface area contributed by atoms with E-state index in [0.717, 1.165) is 18.2 Å². The molecule has 8 heteroatoms. The third-order valence-corrected chi connectivity index (χ3v) is 3.36. The van der Waals surface area contributed by atoms with E-state index in [4.69, 9.17) is 0 Å². The minimum absolute atomic E-state index is 0.382. The topological polar surface area (TPSA) is 77.3 Å². The molecular formula is C6H3BrFNO4S. The van der Waals surface area contributed by atoms with Crippen molar-refractivity contribution in [3.63, 3.8) is 0 Å². The molecule has 76 valence electrons. The van der Waals surface area contributed by atoms with E-state index >= 15 is 0 Å². The van der Waals surface area contributed by atoms with Gasteiger partial charge in [-0.1, -0.05) is 6.07 Å². The monoisotopic (exact) mass is 283 g/mol. The van der Waals surface area contributed by atoms with Crippen molar-refractivity contribution in [1.29, 1.82) is 0 Å². The minimum Gasteiger partial charge on any atom is -0.258 e. The number of benzene rings is 1. The van der Waals surface area contributed by atoms with Crippen LogP contribution in [0, 0.1) is 10.1 Å². The zero-order valence-corrected chi connectivity index (χ0v) is 8.88. The van der Waals surface area contributed by atoms with Crippen LogP contribution in [0.3, 0.4) is 0 Å². The Labute approximate surface area is 87.0 Å². The summed E-state index contributed by atoms with van der Waals surface area (Å²) in [5, 5.41) is 10.4. The maximum absolute atomic E-state index is 12.5. The van der Waals surface area contributed by atoms with Crippen LogP contribution < -0.4 is 0 Å². The molecule has 0 saturated carbocycles. The van der Waals surface area contributed by atoms with Crippen LogP contribution in [-0.2, 0) is 10.2 Å². The highest BCUT2D eigenvalue weighted by Gasteiger charge is 2.23. The lowest BCUT2D eigenvalue weighted by atomic mass is 10.3. The average Bonchev–Trinajstić information content (AvgIpc) is 2.01. The molecule has 0 aliphatic carbocycles. The van der Waals surface area contributed by atoms with Crippen LogP contribution in [0.2, 0.25) is 0 Å². The van der Waals surface area contributed by atoms with Gasteiger partial charge in [0.25, 0.3) is 5.69 Å². The zero-order valence-electron chi connectivity index (χ0n) is 6.48. The van der Waals surface area contributed by atoms with Gasteiger partial charge in [-0.2, -0.15) is 8.42 Å². The van der Waals surface area contributed by atoms with Crippen LogP contribution in [0.25, 0.3) is 0 Å². The number of rotatable bonds is 2. The Morgan fingerprint density at radius 2 is 2.00 bits per heavy atom. The Kier molecular flexibility index (Phi) is 2.86. The molecule has 0 unspecified atom stereocenters. The molecule has 0 aromatic heterocycles. The van der Waals surface area contributed by atoms with E-state index in [2.05, 4.69) is 15.9 Å². The fourth-order valence-corrected chi connectivity index (χ4v) is 2.38. The molecule has 0 aliphatic heterocycles. The molecule has 0 saturated heterocycles. The van der Waals surface area contributed by atoms with Gasteiger partial charge < -0.3 is 0 Å². The summed E-state index contributed by atoms with van der Waals surface area (Å²) in [6.45, 7) is 0. The van der Waals surface area contributed by atoms with E-state index in [9.17, 15) is 22.4 Å². The van der Waals surface area contributed by atoms with Gasteiger partial charge in [0.1, 0.15) is 9.37 Å². The van der Waals surface area contributed by atoms with Crippen LogP contribution in [0.1, 0.15) is 0 Å². The van der Waals surface area contributed by atoms with Crippen LogP contribution in [0.15, 0.2) is 27.6 Å². The van der Waals surface area contributed by atoms with Gasteiger partial charge in [-0.05, 0) is 22.0 Å². The van der Waals surface area contributed by atoms with Crippen molar-refractivity contribution in [1.82, 2.24) is 0 Å². The summed E-state index contributed by atoms with van der Waals surface area (Å²) < 4.78 is 33.2. The third kappa shape index (κ3) is 2.07. The maximum atomic E-state index is 12.5. The molecule has 0 spiro atoms. The summed E-state index contributed by atoms with van der Waals surface area (Å²) in [4.78, 5) is 8.81. The minimum atomic E-state index is -4.94. The highest BCUT2D eigenvalue weighted by molar-refractivity contribution is 9.10. The molecule has 1 aromatic rings. The third-order valence-electron chi connectivity index (χ3n) is 1.40. The van der Waals surface area contributed by atoms with E-state index in [1.54, 1.807) is 0 Å². The van der Waals surface area contributed by atoms with Crippen LogP contribution in [0.4, 0.5) is 9.57 Å². The molecular weight excluding hydrogens is 281 g/mol. The highest BCUT2D eigenvalue weighted by Crippen LogP contribution is 2.31. The summed E-state index contributed by atoms with van der Waals surface area (Å²) in [5.74, 6) is 0. The first-order chi connectivity index (χ1) is 6.34. The quantitative estimate of drug-likeness (QED) is 0.473. The second-order valence-corrected chi connectivity index (χ2v) is 4.39. The first-order valence-electron chi connectivity index (χ1n) is 3.21. The fraction of sp³-hybridized carbons (Fsp3) is 0. The van der Waals surface area contributed by atoms with Crippen molar-refractivity contribution in [2.45, 2.75) is 4.90 Å². The SMILES string of the molecule is O=[N+]([O-])c1cccc(S(=O)(=O)F)c1Br. The fourth-order valence-electron chi connectivity index (χ4n) is 0.829. The first kappa shape index (κ1) is 11.1. The Morgan fingerprint density at radius 1 is 1.43 bits per heavy atom. The van der Waals surface area contributed by atoms with Gasteiger partial charge in [0.15, 0.2) is 0 Å². The summed E-state index contributed by atoms with van der Waals surface area (Å²) in [5.41, 5.74) is -0.497. The van der Waals surface area contributed by atoms with Crippen molar-refractivity contribution in [3.05, 3.63) is 32.8 Å². The maximum Gasteiger partial charge on any atom is 0.333 e. The summed E-state index contributed by atoms with van der Waals surface area (Å²) >= 11 is 2.66. The number of hydrogen-bond acceptors (Lipinski definition) is 4. The van der Waals surface area contributed by atoms with Gasteiger partial charge in [0.05, 0.1) is 4.92 Å². The Hall–Kier alpha value is -1.02. The second kappa shape index (κ2) is 3.62. The van der Waals surface area contributed by atoms with E-state index in [-0.39, 0.29) is 4.47 Å². The molecule has 1 rings (SSSR count). The number of nitro groups is 1. The molecule has 0 fully saturated rings. The van der Waals surface area contributed by atoms with Gasteiger partial charge in [0.2, 0.25) is 0 Å². The summed E-state index contributed by atoms with van der Waals surface area (Å²) in [6, 6.07) is 3.10. The first-order valence-corrected chi connectivity index (χ1v) is 5.39. The van der Waals surface area contributed by atoms with Crippen molar-refractivity contribution in [2.75, 3.05) is 0 Å². The Morgan fingerprint density at radius 3 is 2.43 bits per heavy atom. The smallest absolute Gasteiger partial charge is 0.258 e. The molecule has 0 bridgehead atoms. The molecule has 14 heavy (non-hydrogen) atoms. The highest BCUT2D eigenvalue weighted by atomic mass is 79.9. The predicted octanol–water partition coefficient (Wildman–Crippen LogP) is 2.02. The van der Waals surface area contributed by atoms with Crippen molar-refractivity contribution < 1.29 is 17.2 Å². The van der Waals surface area contributed by atoms with E-state index in [0.29, 0.717) is 0 Å². The molecule has 0 aliphatic rings. The lowest BCUT2D eigenvalue weighted by molar-refractivity contribution is -0.385. The van der Waals surface area contributed by atoms with E-state index < -0.39 is 25.7 Å². The van der Waals surface area contributed by atoms with Crippen molar-refractivity contribution in [2.24, 2.45) is 0 Å². The second-order valence-electron chi connectivity index (χ2n) is 2.28. The lowest BCUT2D eigenvalue weighted by Gasteiger charge is -1.99.